The molecule has 1 aliphatic rings. The molecule has 1 aliphatic heterocycles. The molecule has 1 aromatic heterocycles. The minimum atomic E-state index is -1.09. The number of nitrogens with zero attached hydrogens (tertiary/aromatic N) is 1. The average molecular weight is 347 g/mol. The lowest BCUT2D eigenvalue weighted by Gasteiger charge is -2.10. The van der Waals surface area contributed by atoms with Crippen LogP contribution >= 0.6 is 24.0 Å². The quantitative estimate of drug-likeness (QED) is 0.676. The zero-order chi connectivity index (χ0) is 16.6. The van der Waals surface area contributed by atoms with Crippen LogP contribution in [0.15, 0.2) is 33.6 Å². The molecule has 1 amide bonds. The molecule has 1 aromatic carbocycles. The second-order valence-electron chi connectivity index (χ2n) is 4.95. The number of rotatable bonds is 4. The number of carboxylic acid groups (broad SMARTS) is 1. The van der Waals surface area contributed by atoms with Crippen molar-refractivity contribution in [3.63, 3.8) is 0 Å². The summed E-state index contributed by atoms with van der Waals surface area (Å²) >= 11 is 6.22. The van der Waals surface area contributed by atoms with E-state index in [1.807, 2.05) is 31.2 Å². The fourth-order valence-corrected chi connectivity index (χ4v) is 3.68. The summed E-state index contributed by atoms with van der Waals surface area (Å²) in [7, 11) is 0. The Labute approximate surface area is 141 Å². The second-order valence-corrected chi connectivity index (χ2v) is 6.63. The van der Waals surface area contributed by atoms with Crippen LogP contribution in [0.5, 0.6) is 0 Å². The van der Waals surface area contributed by atoms with Crippen LogP contribution in [0.2, 0.25) is 0 Å². The lowest BCUT2D eigenvalue weighted by Crippen LogP contribution is -2.33. The first-order valence-corrected chi connectivity index (χ1v) is 8.21. The minimum Gasteiger partial charge on any atom is -0.480 e. The van der Waals surface area contributed by atoms with Gasteiger partial charge in [0.15, 0.2) is 0 Å². The standard InChI is InChI=1S/C16H13NO4S2/c1-2-11-10(9-5-3-4-6-12(9)21-11)7-13-15(20)17(8-14(18)19)16(22)23-13/h3-7H,2,8H2,1H3,(H,18,19). The molecule has 1 saturated heterocycles. The van der Waals surface area contributed by atoms with Crippen molar-refractivity contribution in [3.8, 4) is 0 Å². The highest BCUT2D eigenvalue weighted by atomic mass is 32.2. The average Bonchev–Trinajstić information content (AvgIpc) is 3.00. The van der Waals surface area contributed by atoms with E-state index in [0.29, 0.717) is 11.3 Å². The van der Waals surface area contributed by atoms with Gasteiger partial charge in [0.1, 0.15) is 22.2 Å². The zero-order valence-electron chi connectivity index (χ0n) is 12.2. The Morgan fingerprint density at radius 3 is 2.87 bits per heavy atom. The number of thiocarbonyl (C=S) groups is 1. The molecule has 0 atom stereocenters. The van der Waals surface area contributed by atoms with Crippen LogP contribution in [0.4, 0.5) is 0 Å². The number of hydrogen-bond donors (Lipinski definition) is 1. The highest BCUT2D eigenvalue weighted by Crippen LogP contribution is 2.35. The van der Waals surface area contributed by atoms with Gasteiger partial charge < -0.3 is 9.52 Å². The first kappa shape index (κ1) is 15.8. The SMILES string of the molecule is CCc1oc2ccccc2c1C=C1SC(=S)N(CC(=O)O)C1=O. The molecule has 0 aliphatic carbocycles. The van der Waals surface area contributed by atoms with Crippen molar-refractivity contribution in [2.24, 2.45) is 0 Å². The summed E-state index contributed by atoms with van der Waals surface area (Å²) in [6.45, 7) is 1.56. The number of carboxylic acids is 1. The molecular formula is C16H13NO4S2. The van der Waals surface area contributed by atoms with Gasteiger partial charge in [0.25, 0.3) is 5.91 Å². The number of para-hydroxylation sites is 1. The topological polar surface area (TPSA) is 70.8 Å². The predicted octanol–water partition coefficient (Wildman–Crippen LogP) is 3.28. The molecule has 1 fully saturated rings. The third-order valence-electron chi connectivity index (χ3n) is 3.47. The Morgan fingerprint density at radius 1 is 1.43 bits per heavy atom. The second kappa shape index (κ2) is 6.17. The molecule has 1 N–H and O–H groups in total. The molecule has 0 radical (unpaired) electrons. The number of furan rings is 1. The van der Waals surface area contributed by atoms with Crippen LogP contribution in [0.25, 0.3) is 17.0 Å². The number of benzene rings is 1. The van der Waals surface area contributed by atoms with Gasteiger partial charge in [0, 0.05) is 17.4 Å². The van der Waals surface area contributed by atoms with Gasteiger partial charge in [-0.15, -0.1) is 0 Å². The van der Waals surface area contributed by atoms with Gasteiger partial charge in [-0.25, -0.2) is 0 Å². The largest absolute Gasteiger partial charge is 0.480 e. The summed E-state index contributed by atoms with van der Waals surface area (Å²) in [5, 5.41) is 9.80. The van der Waals surface area contributed by atoms with Gasteiger partial charge in [0.2, 0.25) is 0 Å². The summed E-state index contributed by atoms with van der Waals surface area (Å²) in [6, 6.07) is 7.61. The van der Waals surface area contributed by atoms with Crippen LogP contribution in [0.1, 0.15) is 18.2 Å². The highest BCUT2D eigenvalue weighted by Gasteiger charge is 2.33. The van der Waals surface area contributed by atoms with E-state index in [0.717, 1.165) is 39.0 Å². The van der Waals surface area contributed by atoms with Crippen LogP contribution in [0, 0.1) is 0 Å². The summed E-state index contributed by atoms with van der Waals surface area (Å²) in [5.74, 6) is -0.685. The normalized spacial score (nSPS) is 16.7. The van der Waals surface area contributed by atoms with Crippen LogP contribution in [-0.2, 0) is 16.0 Å². The van der Waals surface area contributed by atoms with Crippen molar-refractivity contribution in [3.05, 3.63) is 40.5 Å². The van der Waals surface area contributed by atoms with E-state index in [1.54, 1.807) is 6.08 Å². The number of hydrogen-bond acceptors (Lipinski definition) is 5. The maximum absolute atomic E-state index is 12.4. The number of carbonyl (C=O) groups is 2. The van der Waals surface area contributed by atoms with Crippen molar-refractivity contribution in [1.29, 1.82) is 0 Å². The number of thioether (sulfide) groups is 1. The molecule has 2 aromatic rings. The molecule has 23 heavy (non-hydrogen) atoms. The van der Waals surface area contributed by atoms with E-state index in [1.165, 1.54) is 0 Å². The van der Waals surface area contributed by atoms with Gasteiger partial charge in [-0.2, -0.15) is 0 Å². The van der Waals surface area contributed by atoms with E-state index in [4.69, 9.17) is 21.7 Å². The Morgan fingerprint density at radius 2 is 2.17 bits per heavy atom. The monoisotopic (exact) mass is 347 g/mol. The van der Waals surface area contributed by atoms with Crippen LogP contribution in [0.3, 0.4) is 0 Å². The molecule has 5 nitrogen and oxygen atoms in total. The maximum atomic E-state index is 12.4. The predicted molar refractivity (Wildman–Crippen MR) is 93.1 cm³/mol. The first-order valence-electron chi connectivity index (χ1n) is 6.98. The molecule has 7 heteroatoms. The Hall–Kier alpha value is -2.12. The third kappa shape index (κ3) is 2.89. The van der Waals surface area contributed by atoms with E-state index in [-0.39, 0.29) is 10.2 Å². The van der Waals surface area contributed by atoms with Crippen molar-refractivity contribution in [2.45, 2.75) is 13.3 Å². The molecule has 0 unspecified atom stereocenters. The summed E-state index contributed by atoms with van der Waals surface area (Å²) < 4.78 is 6.07. The number of aliphatic carboxylic acids is 1. The highest BCUT2D eigenvalue weighted by molar-refractivity contribution is 8.26. The van der Waals surface area contributed by atoms with Gasteiger partial charge in [-0.05, 0) is 12.1 Å². The van der Waals surface area contributed by atoms with Crippen LogP contribution < -0.4 is 0 Å². The molecule has 0 bridgehead atoms. The van der Waals surface area contributed by atoms with E-state index < -0.39 is 12.5 Å². The summed E-state index contributed by atoms with van der Waals surface area (Å²) in [4.78, 5) is 24.7. The first-order chi connectivity index (χ1) is 11.0. The number of fused-ring (bicyclic) bond motifs is 1. The number of carbonyl (C=O) groups excluding carboxylic acids is 1. The number of amides is 1. The van der Waals surface area contributed by atoms with Crippen molar-refractivity contribution >= 4 is 57.2 Å². The number of aryl methyl sites for hydroxylation is 1. The van der Waals surface area contributed by atoms with Crippen LogP contribution in [-0.4, -0.2) is 32.7 Å². The smallest absolute Gasteiger partial charge is 0.323 e. The molecule has 0 saturated carbocycles. The lowest BCUT2D eigenvalue weighted by atomic mass is 10.1. The fourth-order valence-electron chi connectivity index (χ4n) is 2.44. The summed E-state index contributed by atoms with van der Waals surface area (Å²) in [5.41, 5.74) is 1.61. The van der Waals surface area contributed by atoms with Crippen molar-refractivity contribution in [2.75, 3.05) is 6.54 Å². The van der Waals surface area contributed by atoms with Crippen molar-refractivity contribution in [1.82, 2.24) is 4.90 Å². The minimum absolute atomic E-state index is 0.259. The van der Waals surface area contributed by atoms with E-state index >= 15 is 0 Å². The molecule has 0 spiro atoms. The Balaban J connectivity index is 2.04. The van der Waals surface area contributed by atoms with Gasteiger partial charge in [-0.3, -0.25) is 14.5 Å². The lowest BCUT2D eigenvalue weighted by molar-refractivity contribution is -0.140. The molecule has 2 heterocycles. The van der Waals surface area contributed by atoms with Crippen molar-refractivity contribution < 1.29 is 19.1 Å². The molecular weight excluding hydrogens is 334 g/mol. The van der Waals surface area contributed by atoms with Gasteiger partial charge >= 0.3 is 5.97 Å². The molecule has 118 valence electrons. The maximum Gasteiger partial charge on any atom is 0.323 e. The fraction of sp³-hybridized carbons (Fsp3) is 0.188. The van der Waals surface area contributed by atoms with Gasteiger partial charge in [0.05, 0.1) is 4.91 Å². The molecule has 3 rings (SSSR count). The van der Waals surface area contributed by atoms with E-state index in [9.17, 15) is 9.59 Å². The third-order valence-corrected chi connectivity index (χ3v) is 4.85. The van der Waals surface area contributed by atoms with Gasteiger partial charge in [-0.1, -0.05) is 49.1 Å². The summed E-state index contributed by atoms with van der Waals surface area (Å²) in [6.07, 6.45) is 2.43. The van der Waals surface area contributed by atoms with E-state index in [2.05, 4.69) is 0 Å². The Bertz CT molecular complexity index is 853. The zero-order valence-corrected chi connectivity index (χ0v) is 13.9. The Kier molecular flexibility index (Phi) is 4.23.